The molecule has 4 nitrogen and oxygen atoms in total. The van der Waals surface area contributed by atoms with Crippen LogP contribution in [0.15, 0.2) is 77.6 Å². The van der Waals surface area contributed by atoms with Gasteiger partial charge in [0, 0.05) is 42.9 Å². The Balaban J connectivity index is 1.23. The SMILES string of the molecule is C\C=C/C=C(\C=N\CCCC/C=C\C=C/CCCC[n+]1cccc(C2CCCN2C)c1)C1CCCN1C. The van der Waals surface area contributed by atoms with Crippen molar-refractivity contribution in [2.75, 3.05) is 33.7 Å². The zero-order valence-electron chi connectivity index (χ0n) is 23.8. The highest BCUT2D eigenvalue weighted by atomic mass is 15.2. The summed E-state index contributed by atoms with van der Waals surface area (Å²) in [7, 11) is 4.48. The first-order valence-corrected chi connectivity index (χ1v) is 14.7. The van der Waals surface area contributed by atoms with E-state index in [1.54, 1.807) is 0 Å². The lowest BCUT2D eigenvalue weighted by molar-refractivity contribution is -0.697. The third-order valence-corrected chi connectivity index (χ3v) is 7.74. The second kappa shape index (κ2) is 17.3. The van der Waals surface area contributed by atoms with Gasteiger partial charge in [-0.3, -0.25) is 14.8 Å². The number of aliphatic imine (C=N–C) groups is 1. The Labute approximate surface area is 227 Å². The predicted molar refractivity (Wildman–Crippen MR) is 159 cm³/mol. The molecule has 4 heteroatoms. The number of aromatic nitrogens is 1. The molecule has 2 aliphatic heterocycles. The maximum absolute atomic E-state index is 4.73. The van der Waals surface area contributed by atoms with Crippen molar-refractivity contribution < 1.29 is 4.57 Å². The molecule has 0 bridgehead atoms. The van der Waals surface area contributed by atoms with E-state index in [0.717, 1.165) is 32.4 Å². The molecule has 202 valence electrons. The lowest BCUT2D eigenvalue weighted by Gasteiger charge is -2.20. The molecule has 3 heterocycles. The fourth-order valence-electron chi connectivity index (χ4n) is 5.53. The molecule has 1 aromatic rings. The molecule has 0 saturated carbocycles. The minimum absolute atomic E-state index is 0.531. The molecule has 1 aromatic heterocycles. The van der Waals surface area contributed by atoms with Crippen molar-refractivity contribution in [1.82, 2.24) is 9.80 Å². The summed E-state index contributed by atoms with van der Waals surface area (Å²) < 4.78 is 2.38. The molecule has 2 unspecified atom stereocenters. The number of unbranched alkanes of at least 4 members (excludes halogenated alkanes) is 4. The molecule has 2 saturated heterocycles. The van der Waals surface area contributed by atoms with Crippen molar-refractivity contribution in [1.29, 1.82) is 0 Å². The van der Waals surface area contributed by atoms with Gasteiger partial charge in [-0.1, -0.05) is 42.5 Å². The molecule has 2 atom stereocenters. The third-order valence-electron chi connectivity index (χ3n) is 7.74. The van der Waals surface area contributed by atoms with Crippen LogP contribution in [-0.4, -0.2) is 55.8 Å². The van der Waals surface area contributed by atoms with Gasteiger partial charge in [-0.15, -0.1) is 0 Å². The number of hydrogen-bond donors (Lipinski definition) is 0. The summed E-state index contributed by atoms with van der Waals surface area (Å²) in [5.74, 6) is 0. The summed E-state index contributed by atoms with van der Waals surface area (Å²) in [5.41, 5.74) is 2.83. The molecule has 0 amide bonds. The van der Waals surface area contributed by atoms with Crippen LogP contribution >= 0.6 is 0 Å². The fraction of sp³-hybridized carbons (Fsp3) is 0.576. The number of nitrogens with zero attached hydrogens (tertiary/aromatic N) is 4. The number of likely N-dealkylation sites (tertiary alicyclic amines) is 2. The van der Waals surface area contributed by atoms with Gasteiger partial charge in [-0.25, -0.2) is 4.57 Å². The van der Waals surface area contributed by atoms with Crippen LogP contribution in [-0.2, 0) is 6.54 Å². The van der Waals surface area contributed by atoms with Crippen LogP contribution in [0.5, 0.6) is 0 Å². The zero-order chi connectivity index (χ0) is 26.1. The van der Waals surface area contributed by atoms with Crippen LogP contribution in [0.4, 0.5) is 0 Å². The second-order valence-corrected chi connectivity index (χ2v) is 10.7. The van der Waals surface area contributed by atoms with E-state index in [4.69, 9.17) is 4.99 Å². The molecule has 2 aliphatic rings. The van der Waals surface area contributed by atoms with Crippen LogP contribution in [0.25, 0.3) is 0 Å². The summed E-state index contributed by atoms with van der Waals surface area (Å²) in [5, 5.41) is 0. The Morgan fingerprint density at radius 2 is 1.73 bits per heavy atom. The highest BCUT2D eigenvalue weighted by Crippen LogP contribution is 2.29. The minimum atomic E-state index is 0.531. The second-order valence-electron chi connectivity index (χ2n) is 10.7. The van der Waals surface area contributed by atoms with E-state index < -0.39 is 0 Å². The molecule has 0 spiro atoms. The standard InChI is InChI=1S/C33H51N4/c1-4-5-19-30(32-21-17-24-35(32)2)28-34-23-14-12-10-8-6-7-9-11-13-15-26-37-27-16-20-31(29-37)33-22-18-25-36(33)3/h4-9,16,19-20,27-29,32-33H,10-15,17-18,21-26H2,1-3H3/q+1/b5-4-,8-6-,9-7-,30-19+,34-28+. The van der Waals surface area contributed by atoms with Gasteiger partial charge in [-0.2, -0.15) is 0 Å². The van der Waals surface area contributed by atoms with Crippen LogP contribution in [0.3, 0.4) is 0 Å². The van der Waals surface area contributed by atoms with Crippen molar-refractivity contribution in [2.45, 2.75) is 89.8 Å². The van der Waals surface area contributed by atoms with Gasteiger partial charge in [0.2, 0.25) is 0 Å². The summed E-state index contributed by atoms with van der Waals surface area (Å²) in [6.07, 6.45) is 34.5. The van der Waals surface area contributed by atoms with Crippen molar-refractivity contribution in [2.24, 2.45) is 4.99 Å². The highest BCUT2D eigenvalue weighted by molar-refractivity contribution is 5.80. The average Bonchev–Trinajstić information content (AvgIpc) is 3.54. The Morgan fingerprint density at radius 3 is 2.43 bits per heavy atom. The third kappa shape index (κ3) is 10.5. The summed E-state index contributed by atoms with van der Waals surface area (Å²) >= 11 is 0. The van der Waals surface area contributed by atoms with Crippen molar-refractivity contribution in [3.63, 3.8) is 0 Å². The molecule has 37 heavy (non-hydrogen) atoms. The normalized spacial score (nSPS) is 22.2. The molecule has 0 aliphatic carbocycles. The fourth-order valence-corrected chi connectivity index (χ4v) is 5.53. The first-order chi connectivity index (χ1) is 18.2. The molecular weight excluding hydrogens is 452 g/mol. The number of pyridine rings is 1. The average molecular weight is 504 g/mol. The van der Waals surface area contributed by atoms with Crippen molar-refractivity contribution in [3.8, 4) is 0 Å². The number of likely N-dealkylation sites (N-methyl/N-ethyl adjacent to an activating group) is 1. The molecular formula is C33H51N4+. The zero-order valence-corrected chi connectivity index (χ0v) is 23.8. The van der Waals surface area contributed by atoms with Crippen LogP contribution < -0.4 is 4.57 Å². The maximum Gasteiger partial charge on any atom is 0.173 e. The maximum atomic E-state index is 4.73. The van der Waals surface area contributed by atoms with E-state index in [-0.39, 0.29) is 0 Å². The van der Waals surface area contributed by atoms with E-state index in [9.17, 15) is 0 Å². The number of hydrogen-bond acceptors (Lipinski definition) is 3. The Kier molecular flexibility index (Phi) is 13.6. The molecule has 0 radical (unpaired) electrons. The van der Waals surface area contributed by atoms with Gasteiger partial charge in [-0.05, 0) is 104 Å². The lowest BCUT2D eigenvalue weighted by atomic mass is 10.1. The molecule has 3 rings (SSSR count). The summed E-state index contributed by atoms with van der Waals surface area (Å²) in [4.78, 5) is 9.67. The Bertz CT molecular complexity index is 926. The van der Waals surface area contributed by atoms with E-state index in [0.29, 0.717) is 12.1 Å². The smallest absolute Gasteiger partial charge is 0.173 e. The van der Waals surface area contributed by atoms with Crippen molar-refractivity contribution >= 4 is 6.21 Å². The van der Waals surface area contributed by atoms with Gasteiger partial charge in [0.1, 0.15) is 6.54 Å². The van der Waals surface area contributed by atoms with Gasteiger partial charge >= 0.3 is 0 Å². The Hall–Kier alpha value is -2.30. The van der Waals surface area contributed by atoms with Crippen molar-refractivity contribution in [3.05, 3.63) is 78.2 Å². The molecule has 2 fully saturated rings. The van der Waals surface area contributed by atoms with E-state index in [1.807, 2.05) is 0 Å². The van der Waals surface area contributed by atoms with Gasteiger partial charge in [0.15, 0.2) is 12.4 Å². The quantitative estimate of drug-likeness (QED) is 0.113. The monoisotopic (exact) mass is 503 g/mol. The Morgan fingerprint density at radius 1 is 0.973 bits per heavy atom. The minimum Gasteiger partial charge on any atom is -0.299 e. The molecule has 0 aromatic carbocycles. The highest BCUT2D eigenvalue weighted by Gasteiger charge is 2.24. The van der Waals surface area contributed by atoms with E-state index in [1.165, 1.54) is 69.2 Å². The van der Waals surface area contributed by atoms with Crippen LogP contribution in [0, 0.1) is 0 Å². The van der Waals surface area contributed by atoms with Gasteiger partial charge < -0.3 is 0 Å². The largest absolute Gasteiger partial charge is 0.299 e. The lowest BCUT2D eigenvalue weighted by Crippen LogP contribution is -2.34. The van der Waals surface area contributed by atoms with Crippen LogP contribution in [0.2, 0.25) is 0 Å². The van der Waals surface area contributed by atoms with E-state index >= 15 is 0 Å². The number of allylic oxidation sites excluding steroid dienone is 7. The van der Waals surface area contributed by atoms with Gasteiger partial charge in [0.05, 0.1) is 0 Å². The summed E-state index contributed by atoms with van der Waals surface area (Å²) in [6, 6.07) is 5.65. The summed E-state index contributed by atoms with van der Waals surface area (Å²) in [6.45, 7) is 6.52. The number of aryl methyl sites for hydroxylation is 1. The van der Waals surface area contributed by atoms with E-state index in [2.05, 4.69) is 109 Å². The molecule has 0 N–H and O–H groups in total. The van der Waals surface area contributed by atoms with Gasteiger partial charge in [0.25, 0.3) is 0 Å². The number of rotatable bonds is 15. The first-order valence-electron chi connectivity index (χ1n) is 14.7. The first kappa shape index (κ1) is 29.3. The van der Waals surface area contributed by atoms with Crippen LogP contribution in [0.1, 0.15) is 82.7 Å². The topological polar surface area (TPSA) is 22.7 Å². The predicted octanol–water partition coefficient (Wildman–Crippen LogP) is 6.86.